The second kappa shape index (κ2) is 8.04. The number of rotatable bonds is 7. The minimum absolute atomic E-state index is 0.0137. The summed E-state index contributed by atoms with van der Waals surface area (Å²) in [6.45, 7) is 0.175. The molecular formula is C17H15F2N5O5. The van der Waals surface area contributed by atoms with Gasteiger partial charge in [0.05, 0.1) is 17.2 Å². The van der Waals surface area contributed by atoms with Crippen LogP contribution in [0.5, 0.6) is 5.75 Å². The largest absolute Gasteiger partial charge is 0.433 e. The molecule has 0 aliphatic rings. The number of carbonyl (C=O) groups is 1. The van der Waals surface area contributed by atoms with Gasteiger partial charge >= 0.3 is 12.3 Å². The van der Waals surface area contributed by atoms with E-state index in [9.17, 15) is 23.7 Å². The molecule has 3 aromatic rings. The van der Waals surface area contributed by atoms with E-state index in [-0.39, 0.29) is 29.4 Å². The van der Waals surface area contributed by atoms with Crippen molar-refractivity contribution in [3.05, 3.63) is 63.3 Å². The normalized spacial score (nSPS) is 10.9. The number of ether oxygens (including phenoxy) is 1. The fourth-order valence-corrected chi connectivity index (χ4v) is 2.56. The molecule has 0 aliphatic carbocycles. The number of benzene rings is 1. The Morgan fingerprint density at radius 2 is 2.17 bits per heavy atom. The van der Waals surface area contributed by atoms with Crippen molar-refractivity contribution in [1.29, 1.82) is 0 Å². The predicted molar refractivity (Wildman–Crippen MR) is 95.0 cm³/mol. The van der Waals surface area contributed by atoms with Crippen LogP contribution >= 0.6 is 0 Å². The molecule has 0 atom stereocenters. The maximum Gasteiger partial charge on any atom is 0.387 e. The predicted octanol–water partition coefficient (Wildman–Crippen LogP) is 3.30. The maximum absolute atomic E-state index is 12.7. The highest BCUT2D eigenvalue weighted by molar-refractivity contribution is 6.04. The summed E-state index contributed by atoms with van der Waals surface area (Å²) in [6, 6.07) is 4.40. The Bertz CT molecular complexity index is 1060. The number of hydrogen-bond acceptors (Lipinski definition) is 7. The van der Waals surface area contributed by atoms with E-state index in [2.05, 4.69) is 20.3 Å². The number of nitrogens with one attached hydrogen (secondary N) is 1. The molecule has 2 heterocycles. The molecule has 12 heteroatoms. The number of aromatic nitrogens is 3. The number of carbonyl (C=O) groups excluding carboxylic acids is 1. The number of aryl methyl sites for hydroxylation is 2. The Balaban J connectivity index is 1.85. The van der Waals surface area contributed by atoms with E-state index in [0.717, 1.165) is 6.20 Å². The SMILES string of the molecule is Cc1ccc(NC(=O)c2noc(C)c2Cn2cc([N+](=O)[O-])cn2)c(OC(F)F)c1. The van der Waals surface area contributed by atoms with Gasteiger partial charge in [-0.1, -0.05) is 11.2 Å². The highest BCUT2D eigenvalue weighted by Crippen LogP contribution is 2.28. The second-order valence-corrected chi connectivity index (χ2v) is 6.05. The first-order valence-corrected chi connectivity index (χ1v) is 8.23. The third kappa shape index (κ3) is 4.54. The lowest BCUT2D eigenvalue weighted by molar-refractivity contribution is -0.385. The van der Waals surface area contributed by atoms with Crippen molar-refractivity contribution >= 4 is 17.3 Å². The summed E-state index contributed by atoms with van der Waals surface area (Å²) in [5.74, 6) is -0.611. The van der Waals surface area contributed by atoms with Crippen LogP contribution in [0.4, 0.5) is 20.2 Å². The van der Waals surface area contributed by atoms with Crippen LogP contribution in [0, 0.1) is 24.0 Å². The lowest BCUT2D eigenvalue weighted by atomic mass is 10.1. The molecule has 0 fully saturated rings. The van der Waals surface area contributed by atoms with Gasteiger partial charge in [-0.05, 0) is 31.5 Å². The summed E-state index contributed by atoms with van der Waals surface area (Å²) in [7, 11) is 0. The van der Waals surface area contributed by atoms with Crippen LogP contribution in [-0.4, -0.2) is 32.4 Å². The zero-order valence-corrected chi connectivity index (χ0v) is 15.3. The molecule has 0 spiro atoms. The first-order chi connectivity index (χ1) is 13.7. The average Bonchev–Trinajstić information content (AvgIpc) is 3.25. The summed E-state index contributed by atoms with van der Waals surface area (Å²) in [4.78, 5) is 22.8. The van der Waals surface area contributed by atoms with Crippen LogP contribution in [0.25, 0.3) is 0 Å². The molecule has 3 rings (SSSR count). The molecule has 0 bridgehead atoms. The fraction of sp³-hybridized carbons (Fsp3) is 0.235. The van der Waals surface area contributed by atoms with E-state index in [0.29, 0.717) is 16.9 Å². The minimum Gasteiger partial charge on any atom is -0.433 e. The number of halogens is 2. The lowest BCUT2D eigenvalue weighted by Gasteiger charge is -2.12. The van der Waals surface area contributed by atoms with Gasteiger partial charge < -0.3 is 14.6 Å². The van der Waals surface area contributed by atoms with Crippen LogP contribution in [0.2, 0.25) is 0 Å². The number of nitro groups is 1. The molecule has 0 radical (unpaired) electrons. The highest BCUT2D eigenvalue weighted by atomic mass is 19.3. The van der Waals surface area contributed by atoms with Gasteiger partial charge in [-0.25, -0.2) is 0 Å². The number of nitrogens with zero attached hydrogens (tertiary/aromatic N) is 4. The lowest BCUT2D eigenvalue weighted by Crippen LogP contribution is -2.17. The molecule has 0 saturated heterocycles. The van der Waals surface area contributed by atoms with E-state index in [1.54, 1.807) is 19.9 Å². The molecule has 1 amide bonds. The summed E-state index contributed by atoms with van der Waals surface area (Å²) in [5.41, 5.74) is 0.714. The van der Waals surface area contributed by atoms with Gasteiger partial charge in [0.25, 0.3) is 5.91 Å². The minimum atomic E-state index is -3.06. The van der Waals surface area contributed by atoms with E-state index >= 15 is 0 Å². The van der Waals surface area contributed by atoms with E-state index in [1.165, 1.54) is 23.0 Å². The summed E-state index contributed by atoms with van der Waals surface area (Å²) in [5, 5.41) is 20.8. The Kier molecular flexibility index (Phi) is 5.52. The molecule has 0 unspecified atom stereocenters. The summed E-state index contributed by atoms with van der Waals surface area (Å²) >= 11 is 0. The third-order valence-corrected chi connectivity index (χ3v) is 3.95. The van der Waals surface area contributed by atoms with Crippen molar-refractivity contribution in [1.82, 2.24) is 14.9 Å². The molecule has 10 nitrogen and oxygen atoms in total. The molecular weight excluding hydrogens is 392 g/mol. The maximum atomic E-state index is 12.7. The monoisotopic (exact) mass is 407 g/mol. The van der Waals surface area contributed by atoms with E-state index < -0.39 is 17.4 Å². The van der Waals surface area contributed by atoms with Gasteiger partial charge in [-0.15, -0.1) is 0 Å². The van der Waals surface area contributed by atoms with Gasteiger partial charge in [0.15, 0.2) is 5.69 Å². The Labute approximate surface area is 162 Å². The number of anilines is 1. The molecule has 0 saturated carbocycles. The van der Waals surface area contributed by atoms with Gasteiger partial charge in [-0.3, -0.25) is 19.6 Å². The second-order valence-electron chi connectivity index (χ2n) is 6.05. The smallest absolute Gasteiger partial charge is 0.387 e. The summed E-state index contributed by atoms with van der Waals surface area (Å²) in [6.07, 6.45) is 2.27. The molecule has 152 valence electrons. The first kappa shape index (κ1) is 19.9. The van der Waals surface area contributed by atoms with Crippen LogP contribution in [0.1, 0.15) is 27.4 Å². The molecule has 1 N–H and O–H groups in total. The molecule has 29 heavy (non-hydrogen) atoms. The van der Waals surface area contributed by atoms with Gasteiger partial charge in [0, 0.05) is 5.56 Å². The highest BCUT2D eigenvalue weighted by Gasteiger charge is 2.23. The number of alkyl halides is 2. The van der Waals surface area contributed by atoms with Crippen LogP contribution < -0.4 is 10.1 Å². The zero-order chi connectivity index (χ0) is 21.1. The quantitative estimate of drug-likeness (QED) is 0.470. The van der Waals surface area contributed by atoms with Crippen molar-refractivity contribution in [2.75, 3.05) is 5.32 Å². The average molecular weight is 407 g/mol. The fourth-order valence-electron chi connectivity index (χ4n) is 2.56. The molecule has 0 aliphatic heterocycles. The number of amides is 1. The zero-order valence-electron chi connectivity index (χ0n) is 15.3. The van der Waals surface area contributed by atoms with Gasteiger partial charge in [0.1, 0.15) is 23.9 Å². The van der Waals surface area contributed by atoms with Gasteiger partial charge in [-0.2, -0.15) is 13.9 Å². The van der Waals surface area contributed by atoms with Crippen LogP contribution in [-0.2, 0) is 6.54 Å². The van der Waals surface area contributed by atoms with Crippen molar-refractivity contribution in [2.24, 2.45) is 0 Å². The molecule has 1 aromatic carbocycles. The summed E-state index contributed by atoms with van der Waals surface area (Å²) < 4.78 is 36.0. The Hall–Kier alpha value is -3.83. The van der Waals surface area contributed by atoms with Crippen LogP contribution in [0.3, 0.4) is 0 Å². The van der Waals surface area contributed by atoms with Gasteiger partial charge in [0.2, 0.25) is 0 Å². The number of hydrogen-bond donors (Lipinski definition) is 1. The Morgan fingerprint density at radius 3 is 2.83 bits per heavy atom. The topological polar surface area (TPSA) is 125 Å². The first-order valence-electron chi connectivity index (χ1n) is 8.23. The van der Waals surface area contributed by atoms with Crippen LogP contribution in [0.15, 0.2) is 35.1 Å². The standard InChI is InChI=1S/C17H15F2N5O5/c1-9-3-4-13(14(5-9)28-17(18)19)21-16(25)15-12(10(2)29-22-15)8-23-7-11(6-20-23)24(26)27/h3-7,17H,8H2,1-2H3,(H,21,25). The van der Waals surface area contributed by atoms with Crippen molar-refractivity contribution in [3.63, 3.8) is 0 Å². The third-order valence-electron chi connectivity index (χ3n) is 3.95. The van der Waals surface area contributed by atoms with Crippen molar-refractivity contribution < 1.29 is 27.8 Å². The van der Waals surface area contributed by atoms with Crippen molar-refractivity contribution in [3.8, 4) is 5.75 Å². The van der Waals surface area contributed by atoms with E-state index in [4.69, 9.17) is 4.52 Å². The van der Waals surface area contributed by atoms with Crippen molar-refractivity contribution in [2.45, 2.75) is 27.0 Å². The Morgan fingerprint density at radius 1 is 1.41 bits per heavy atom. The van der Waals surface area contributed by atoms with E-state index in [1.807, 2.05) is 0 Å². The molecule has 2 aromatic heterocycles.